The molecular weight excluding hydrogens is 414 g/mol. The van der Waals surface area contributed by atoms with E-state index in [1.165, 1.54) is 31.1 Å². The number of aryl methyl sites for hydroxylation is 2. The minimum atomic E-state index is -3.84. The van der Waals surface area contributed by atoms with Crippen LogP contribution in [0.3, 0.4) is 0 Å². The molecular formula is C23H31N3O4S. The molecule has 168 valence electrons. The summed E-state index contributed by atoms with van der Waals surface area (Å²) >= 11 is 0. The molecule has 1 atom stereocenters. The van der Waals surface area contributed by atoms with E-state index >= 15 is 0 Å². The van der Waals surface area contributed by atoms with Crippen LogP contribution in [-0.4, -0.2) is 56.1 Å². The van der Waals surface area contributed by atoms with E-state index in [2.05, 4.69) is 5.32 Å². The van der Waals surface area contributed by atoms with Crippen LogP contribution < -0.4 is 5.32 Å². The number of nitrogens with one attached hydrogen (secondary N) is 1. The van der Waals surface area contributed by atoms with Gasteiger partial charge in [-0.15, -0.1) is 0 Å². The molecule has 0 spiro atoms. The average Bonchev–Trinajstić information content (AvgIpc) is 2.74. The summed E-state index contributed by atoms with van der Waals surface area (Å²) in [6.45, 7) is 5.49. The van der Waals surface area contributed by atoms with Gasteiger partial charge in [-0.25, -0.2) is 8.42 Å². The molecule has 0 saturated carbocycles. The van der Waals surface area contributed by atoms with Crippen LogP contribution in [0.15, 0.2) is 53.4 Å². The molecule has 0 radical (unpaired) electrons. The predicted molar refractivity (Wildman–Crippen MR) is 121 cm³/mol. The minimum absolute atomic E-state index is 0.122. The van der Waals surface area contributed by atoms with Gasteiger partial charge in [-0.2, -0.15) is 4.31 Å². The van der Waals surface area contributed by atoms with E-state index < -0.39 is 22.0 Å². The lowest BCUT2D eigenvalue weighted by Gasteiger charge is -2.32. The lowest BCUT2D eigenvalue weighted by molar-refractivity contribution is -0.141. The maximum Gasteiger partial charge on any atom is 0.243 e. The van der Waals surface area contributed by atoms with Gasteiger partial charge in [0.25, 0.3) is 0 Å². The molecule has 1 N–H and O–H groups in total. The fourth-order valence-electron chi connectivity index (χ4n) is 3.31. The number of sulfonamides is 1. The van der Waals surface area contributed by atoms with Gasteiger partial charge < -0.3 is 10.2 Å². The van der Waals surface area contributed by atoms with E-state index in [1.54, 1.807) is 12.1 Å². The molecule has 0 aliphatic rings. The molecule has 0 aromatic heterocycles. The summed E-state index contributed by atoms with van der Waals surface area (Å²) in [4.78, 5) is 27.3. The lowest BCUT2D eigenvalue weighted by Crippen LogP contribution is -2.51. The smallest absolute Gasteiger partial charge is 0.243 e. The first-order valence-corrected chi connectivity index (χ1v) is 11.6. The summed E-state index contributed by atoms with van der Waals surface area (Å²) in [7, 11) is -0.940. The van der Waals surface area contributed by atoms with E-state index in [0.717, 1.165) is 21.0 Å². The van der Waals surface area contributed by atoms with Gasteiger partial charge in [0.2, 0.25) is 21.8 Å². The van der Waals surface area contributed by atoms with Crippen molar-refractivity contribution in [3.8, 4) is 0 Å². The highest BCUT2D eigenvalue weighted by Gasteiger charge is 2.31. The molecule has 7 nitrogen and oxygen atoms in total. The largest absolute Gasteiger partial charge is 0.357 e. The van der Waals surface area contributed by atoms with Crippen molar-refractivity contribution in [3.63, 3.8) is 0 Å². The van der Waals surface area contributed by atoms with Crippen LogP contribution in [0.4, 0.5) is 0 Å². The van der Waals surface area contributed by atoms with Gasteiger partial charge in [0, 0.05) is 20.6 Å². The fourth-order valence-corrected chi connectivity index (χ4v) is 4.43. The Balaban J connectivity index is 2.32. The van der Waals surface area contributed by atoms with Crippen LogP contribution in [0.1, 0.15) is 30.0 Å². The van der Waals surface area contributed by atoms with Gasteiger partial charge >= 0.3 is 0 Å². The lowest BCUT2D eigenvalue weighted by atomic mass is 10.1. The number of amides is 2. The first-order valence-electron chi connectivity index (χ1n) is 10.2. The summed E-state index contributed by atoms with van der Waals surface area (Å²) in [5.41, 5.74) is 2.84. The first kappa shape index (κ1) is 24.6. The SMILES string of the molecule is CC[C@H](C(=O)NC)N(Cc1ccccc1C)C(=O)CN(C)S(=O)(=O)c1ccc(C)cc1. The van der Waals surface area contributed by atoms with Crippen molar-refractivity contribution in [1.29, 1.82) is 0 Å². The van der Waals surface area contributed by atoms with Crippen LogP contribution in [0.2, 0.25) is 0 Å². The molecule has 2 aromatic rings. The van der Waals surface area contributed by atoms with Gasteiger partial charge in [0.15, 0.2) is 0 Å². The molecule has 0 aliphatic heterocycles. The maximum atomic E-state index is 13.3. The van der Waals surface area contributed by atoms with Crippen molar-refractivity contribution < 1.29 is 18.0 Å². The molecule has 0 unspecified atom stereocenters. The number of nitrogens with zero attached hydrogens (tertiary/aromatic N) is 2. The van der Waals surface area contributed by atoms with Crippen molar-refractivity contribution in [3.05, 3.63) is 65.2 Å². The standard InChI is InChI=1S/C23H31N3O4S/c1-6-21(23(28)24-4)26(15-19-10-8-7-9-18(19)3)22(27)16-25(5)31(29,30)20-13-11-17(2)12-14-20/h7-14,21H,6,15-16H2,1-5H3,(H,24,28)/t21-/m1/s1. The van der Waals surface area contributed by atoms with E-state index in [0.29, 0.717) is 6.42 Å². The zero-order valence-corrected chi connectivity index (χ0v) is 19.6. The van der Waals surface area contributed by atoms with E-state index in [1.807, 2.05) is 45.0 Å². The molecule has 0 bridgehead atoms. The molecule has 0 fully saturated rings. The Morgan fingerprint density at radius 2 is 1.65 bits per heavy atom. The van der Waals surface area contributed by atoms with Crippen LogP contribution in [-0.2, 0) is 26.2 Å². The molecule has 2 aromatic carbocycles. The van der Waals surface area contributed by atoms with E-state index in [9.17, 15) is 18.0 Å². The Kier molecular flexibility index (Phi) is 8.36. The molecule has 0 aliphatic carbocycles. The zero-order chi connectivity index (χ0) is 23.2. The van der Waals surface area contributed by atoms with E-state index in [4.69, 9.17) is 0 Å². The van der Waals surface area contributed by atoms with Crippen molar-refractivity contribution in [2.24, 2.45) is 0 Å². The van der Waals surface area contributed by atoms with Crippen molar-refractivity contribution in [2.75, 3.05) is 20.6 Å². The Morgan fingerprint density at radius 3 is 2.19 bits per heavy atom. The molecule has 8 heteroatoms. The molecule has 2 rings (SSSR count). The Morgan fingerprint density at radius 1 is 1.03 bits per heavy atom. The number of carbonyl (C=O) groups excluding carboxylic acids is 2. The second-order valence-corrected chi connectivity index (χ2v) is 9.61. The average molecular weight is 446 g/mol. The maximum absolute atomic E-state index is 13.3. The fraction of sp³-hybridized carbons (Fsp3) is 0.391. The minimum Gasteiger partial charge on any atom is -0.357 e. The van der Waals surface area contributed by atoms with Gasteiger partial charge in [0.05, 0.1) is 11.4 Å². The number of rotatable bonds is 9. The second kappa shape index (κ2) is 10.5. The van der Waals surface area contributed by atoms with Gasteiger partial charge in [-0.1, -0.05) is 48.9 Å². The normalized spacial score (nSPS) is 12.5. The van der Waals surface area contributed by atoms with Crippen LogP contribution in [0.25, 0.3) is 0 Å². The highest BCUT2D eigenvalue weighted by atomic mass is 32.2. The third kappa shape index (κ3) is 5.92. The van der Waals surface area contributed by atoms with Crippen LogP contribution in [0, 0.1) is 13.8 Å². The number of benzene rings is 2. The Bertz CT molecular complexity index is 1020. The summed E-state index contributed by atoms with van der Waals surface area (Å²) in [6.07, 6.45) is 0.408. The van der Waals surface area contributed by atoms with Crippen LogP contribution >= 0.6 is 0 Å². The summed E-state index contributed by atoms with van der Waals surface area (Å²) < 4.78 is 26.9. The topological polar surface area (TPSA) is 86.8 Å². The van der Waals surface area contributed by atoms with Crippen molar-refractivity contribution >= 4 is 21.8 Å². The quantitative estimate of drug-likeness (QED) is 0.642. The number of likely N-dealkylation sites (N-methyl/N-ethyl adjacent to an activating group) is 2. The number of hydrogen-bond donors (Lipinski definition) is 1. The number of hydrogen-bond acceptors (Lipinski definition) is 4. The highest BCUT2D eigenvalue weighted by Crippen LogP contribution is 2.18. The molecule has 2 amide bonds. The third-order valence-corrected chi connectivity index (χ3v) is 7.14. The highest BCUT2D eigenvalue weighted by molar-refractivity contribution is 7.89. The molecule has 0 saturated heterocycles. The van der Waals surface area contributed by atoms with Gasteiger partial charge in [-0.05, 0) is 43.5 Å². The summed E-state index contributed by atoms with van der Waals surface area (Å²) in [6, 6.07) is 13.4. The Hall–Kier alpha value is -2.71. The first-order chi connectivity index (χ1) is 14.6. The molecule has 31 heavy (non-hydrogen) atoms. The second-order valence-electron chi connectivity index (χ2n) is 7.56. The van der Waals surface area contributed by atoms with Crippen molar-refractivity contribution in [2.45, 2.75) is 44.7 Å². The zero-order valence-electron chi connectivity index (χ0n) is 18.8. The summed E-state index contributed by atoms with van der Waals surface area (Å²) in [5, 5.41) is 2.60. The Labute approximate surface area is 185 Å². The van der Waals surface area contributed by atoms with E-state index in [-0.39, 0.29) is 23.9 Å². The van der Waals surface area contributed by atoms with Crippen molar-refractivity contribution in [1.82, 2.24) is 14.5 Å². The van der Waals surface area contributed by atoms with Gasteiger partial charge in [-0.3, -0.25) is 9.59 Å². The predicted octanol–water partition coefficient (Wildman–Crippen LogP) is 2.48. The van der Waals surface area contributed by atoms with Gasteiger partial charge in [0.1, 0.15) is 6.04 Å². The summed E-state index contributed by atoms with van der Waals surface area (Å²) in [5.74, 6) is -0.717. The monoisotopic (exact) mass is 445 g/mol. The third-order valence-electron chi connectivity index (χ3n) is 5.32. The van der Waals surface area contributed by atoms with Crippen LogP contribution in [0.5, 0.6) is 0 Å². The molecule has 0 heterocycles. The number of carbonyl (C=O) groups is 2.